The third kappa shape index (κ3) is 3.22. The molecule has 0 spiro atoms. The maximum absolute atomic E-state index is 9.24. The summed E-state index contributed by atoms with van der Waals surface area (Å²) in [6.45, 7) is 0. The van der Waals surface area contributed by atoms with Gasteiger partial charge in [0.1, 0.15) is 0 Å². The first-order chi connectivity index (χ1) is 9.22. The van der Waals surface area contributed by atoms with Crippen molar-refractivity contribution >= 4 is 23.3 Å². The van der Waals surface area contributed by atoms with Gasteiger partial charge in [0, 0.05) is 5.02 Å². The van der Waals surface area contributed by atoms with Crippen molar-refractivity contribution in [3.63, 3.8) is 0 Å². The zero-order valence-electron chi connectivity index (χ0n) is 9.97. The normalized spacial score (nSPS) is 10.6. The average Bonchev–Trinajstić information content (AvgIpc) is 2.45. The first-order valence-corrected chi connectivity index (χ1v) is 5.98. The molecule has 0 radical (unpaired) electrons. The minimum Gasteiger partial charge on any atom is -0.192 e. The van der Waals surface area contributed by atoms with Crippen molar-refractivity contribution in [3.8, 4) is 12.1 Å². The van der Waals surface area contributed by atoms with Crippen LogP contribution >= 0.6 is 11.6 Å². The Labute approximate surface area is 116 Å². The molecule has 0 bridgehead atoms. The van der Waals surface area contributed by atoms with Crippen LogP contribution < -0.4 is 0 Å². The predicted octanol–water partition coefficient (Wildman–Crippen LogP) is 4.28. The lowest BCUT2D eigenvalue weighted by atomic mass is 10.0. The summed E-state index contributed by atoms with van der Waals surface area (Å²) in [6, 6.07) is 18.4. The van der Waals surface area contributed by atoms with Crippen LogP contribution in [0.1, 0.15) is 16.7 Å². The molecule has 2 aromatic carbocycles. The Balaban J connectivity index is 2.46. The van der Waals surface area contributed by atoms with E-state index in [1.165, 1.54) is 0 Å². The molecule has 0 aliphatic rings. The monoisotopic (exact) mass is 264 g/mol. The Bertz CT molecular complexity index is 718. The number of benzene rings is 2. The van der Waals surface area contributed by atoms with Gasteiger partial charge in [0.25, 0.3) is 0 Å². The molecule has 0 atom stereocenters. The van der Waals surface area contributed by atoms with E-state index in [0.29, 0.717) is 16.2 Å². The van der Waals surface area contributed by atoms with Crippen molar-refractivity contribution in [2.45, 2.75) is 0 Å². The number of allylic oxidation sites excluding steroid dienone is 1. The summed E-state index contributed by atoms with van der Waals surface area (Å²) >= 11 is 5.91. The highest BCUT2D eigenvalue weighted by Gasteiger charge is 2.02. The van der Waals surface area contributed by atoms with E-state index in [-0.39, 0.29) is 0 Å². The Morgan fingerprint density at radius 2 is 1.84 bits per heavy atom. The van der Waals surface area contributed by atoms with Crippen LogP contribution in [-0.4, -0.2) is 0 Å². The maximum atomic E-state index is 9.24. The molecule has 0 unspecified atom stereocenters. The molecule has 0 aliphatic heterocycles. The van der Waals surface area contributed by atoms with Crippen molar-refractivity contribution in [3.05, 3.63) is 70.2 Å². The Morgan fingerprint density at radius 1 is 1.05 bits per heavy atom. The first kappa shape index (κ1) is 12.9. The Kier molecular flexibility index (Phi) is 3.98. The van der Waals surface area contributed by atoms with Gasteiger partial charge in [-0.2, -0.15) is 10.5 Å². The predicted molar refractivity (Wildman–Crippen MR) is 76.1 cm³/mol. The molecule has 0 N–H and O–H groups in total. The van der Waals surface area contributed by atoms with Crippen LogP contribution in [0.15, 0.2) is 48.5 Å². The number of nitriles is 2. The van der Waals surface area contributed by atoms with Crippen molar-refractivity contribution < 1.29 is 0 Å². The fourth-order valence-corrected chi connectivity index (χ4v) is 1.90. The third-order valence-corrected chi connectivity index (χ3v) is 2.82. The molecule has 0 saturated carbocycles. The fraction of sp³-hybridized carbons (Fsp3) is 0. The lowest BCUT2D eigenvalue weighted by molar-refractivity contribution is 1.47. The van der Waals surface area contributed by atoms with Gasteiger partial charge in [0.2, 0.25) is 0 Å². The lowest BCUT2D eigenvalue weighted by Gasteiger charge is -2.01. The third-order valence-electron chi connectivity index (χ3n) is 2.58. The van der Waals surface area contributed by atoms with Crippen LogP contribution in [0.4, 0.5) is 0 Å². The largest absolute Gasteiger partial charge is 0.192 e. The number of halogens is 1. The molecular weight excluding hydrogens is 256 g/mol. The molecule has 0 fully saturated rings. The molecule has 2 aromatic rings. The van der Waals surface area contributed by atoms with Gasteiger partial charge in [-0.05, 0) is 41.5 Å². The van der Waals surface area contributed by atoms with Gasteiger partial charge in [0.05, 0.1) is 23.3 Å². The van der Waals surface area contributed by atoms with Gasteiger partial charge in [-0.1, -0.05) is 35.9 Å². The van der Waals surface area contributed by atoms with E-state index in [4.69, 9.17) is 16.9 Å². The van der Waals surface area contributed by atoms with Gasteiger partial charge in [-0.3, -0.25) is 0 Å². The second kappa shape index (κ2) is 5.87. The maximum Gasteiger partial charge on any atom is 0.0998 e. The highest BCUT2D eigenvalue weighted by atomic mass is 35.5. The summed E-state index contributed by atoms with van der Waals surface area (Å²) in [4.78, 5) is 0. The van der Waals surface area contributed by atoms with Crippen LogP contribution in [0, 0.1) is 22.7 Å². The topological polar surface area (TPSA) is 47.6 Å². The van der Waals surface area contributed by atoms with Gasteiger partial charge in [0.15, 0.2) is 0 Å². The smallest absolute Gasteiger partial charge is 0.0998 e. The minimum atomic E-state index is 0.499. The zero-order chi connectivity index (χ0) is 13.7. The lowest BCUT2D eigenvalue weighted by Crippen LogP contribution is -1.84. The van der Waals surface area contributed by atoms with Crippen molar-refractivity contribution in [1.82, 2.24) is 0 Å². The highest BCUT2D eigenvalue weighted by Crippen LogP contribution is 2.20. The molecule has 0 aromatic heterocycles. The molecule has 2 nitrogen and oxygen atoms in total. The highest BCUT2D eigenvalue weighted by molar-refractivity contribution is 6.30. The number of hydrogen-bond acceptors (Lipinski definition) is 2. The van der Waals surface area contributed by atoms with E-state index in [1.54, 1.807) is 42.5 Å². The van der Waals surface area contributed by atoms with E-state index in [0.717, 1.165) is 11.1 Å². The van der Waals surface area contributed by atoms with E-state index in [2.05, 4.69) is 12.1 Å². The van der Waals surface area contributed by atoms with Crippen molar-refractivity contribution in [2.75, 3.05) is 0 Å². The van der Waals surface area contributed by atoms with Crippen LogP contribution in [-0.2, 0) is 0 Å². The summed E-state index contributed by atoms with van der Waals surface area (Å²) in [5.41, 5.74) is 2.61. The van der Waals surface area contributed by atoms with E-state index < -0.39 is 0 Å². The van der Waals surface area contributed by atoms with E-state index >= 15 is 0 Å². The van der Waals surface area contributed by atoms with Crippen LogP contribution in [0.3, 0.4) is 0 Å². The van der Waals surface area contributed by atoms with Crippen LogP contribution in [0.2, 0.25) is 5.02 Å². The summed E-state index contributed by atoms with van der Waals surface area (Å²) in [5, 5.41) is 18.7. The van der Waals surface area contributed by atoms with Gasteiger partial charge < -0.3 is 0 Å². The standard InChI is InChI=1S/C16H9ClN2/c17-16-6-2-3-12(9-16)7-15(11-19)14-5-1-4-13(8-14)10-18/h1-9H/b15-7-. The molecular formula is C16H9ClN2. The molecule has 2 rings (SSSR count). The first-order valence-electron chi connectivity index (χ1n) is 5.61. The van der Waals surface area contributed by atoms with Crippen molar-refractivity contribution in [2.24, 2.45) is 0 Å². The fourth-order valence-electron chi connectivity index (χ4n) is 1.70. The van der Waals surface area contributed by atoms with E-state index in [1.807, 2.05) is 12.1 Å². The van der Waals surface area contributed by atoms with E-state index in [9.17, 15) is 5.26 Å². The van der Waals surface area contributed by atoms with Gasteiger partial charge >= 0.3 is 0 Å². The number of hydrogen-bond donors (Lipinski definition) is 0. The minimum absolute atomic E-state index is 0.499. The molecule has 19 heavy (non-hydrogen) atoms. The quantitative estimate of drug-likeness (QED) is 0.600. The summed E-state index contributed by atoms with van der Waals surface area (Å²) in [7, 11) is 0. The molecule has 90 valence electrons. The molecule has 0 amide bonds. The van der Waals surface area contributed by atoms with Crippen LogP contribution in [0.25, 0.3) is 11.6 Å². The molecule has 0 saturated heterocycles. The molecule has 3 heteroatoms. The zero-order valence-corrected chi connectivity index (χ0v) is 10.7. The number of rotatable bonds is 2. The number of nitrogens with zero attached hydrogens (tertiary/aromatic N) is 2. The Morgan fingerprint density at radius 3 is 2.53 bits per heavy atom. The summed E-state index contributed by atoms with van der Waals surface area (Å²) in [5.74, 6) is 0. The van der Waals surface area contributed by atoms with Crippen molar-refractivity contribution in [1.29, 1.82) is 10.5 Å². The second-order valence-corrected chi connectivity index (χ2v) is 4.35. The molecule has 0 aliphatic carbocycles. The SMILES string of the molecule is N#C/C(=C/c1cccc(Cl)c1)c1cccc(C#N)c1. The summed E-state index contributed by atoms with van der Waals surface area (Å²) in [6.07, 6.45) is 1.75. The van der Waals surface area contributed by atoms with Gasteiger partial charge in [-0.25, -0.2) is 0 Å². The second-order valence-electron chi connectivity index (χ2n) is 3.92. The van der Waals surface area contributed by atoms with Gasteiger partial charge in [-0.15, -0.1) is 0 Å². The summed E-state index contributed by atoms with van der Waals surface area (Å²) < 4.78 is 0. The average molecular weight is 265 g/mol. The Hall–Kier alpha value is -2.55. The molecule has 0 heterocycles. The van der Waals surface area contributed by atoms with Crippen LogP contribution in [0.5, 0.6) is 0 Å².